The summed E-state index contributed by atoms with van der Waals surface area (Å²) in [5.74, 6) is 0.917. The Kier molecular flexibility index (Phi) is 7.12. The van der Waals surface area contributed by atoms with Gasteiger partial charge in [-0.15, -0.1) is 0 Å². The van der Waals surface area contributed by atoms with Crippen molar-refractivity contribution in [3.63, 3.8) is 0 Å². The molecule has 2 N–H and O–H groups in total. The number of hydrogen-bond donors (Lipinski definition) is 2. The van der Waals surface area contributed by atoms with E-state index in [0.717, 1.165) is 44.1 Å². The molecule has 1 rings (SSSR count). The lowest BCUT2D eigenvalue weighted by molar-refractivity contribution is 0.728. The second-order valence-electron chi connectivity index (χ2n) is 5.06. The number of nitrogens with zero attached hydrogens (tertiary/aromatic N) is 3. The maximum atomic E-state index is 4.56. The number of aromatic nitrogens is 2. The third-order valence-corrected chi connectivity index (χ3v) is 3.45. The predicted molar refractivity (Wildman–Crippen MR) is 85.3 cm³/mol. The molecule has 0 radical (unpaired) electrons. The van der Waals surface area contributed by atoms with Crippen LogP contribution in [0.3, 0.4) is 0 Å². The summed E-state index contributed by atoms with van der Waals surface area (Å²) in [5.41, 5.74) is 3.71. The van der Waals surface area contributed by atoms with Crippen LogP contribution in [0, 0.1) is 13.8 Å². The molecule has 0 aliphatic heterocycles. The minimum absolute atomic E-state index is 0.880. The van der Waals surface area contributed by atoms with Crippen LogP contribution in [0.15, 0.2) is 4.99 Å². The third kappa shape index (κ3) is 4.87. The van der Waals surface area contributed by atoms with Crippen LogP contribution in [0.25, 0.3) is 0 Å². The average Bonchev–Trinajstić information content (AvgIpc) is 2.65. The molecule has 0 saturated heterocycles. The summed E-state index contributed by atoms with van der Waals surface area (Å²) >= 11 is 0. The van der Waals surface area contributed by atoms with E-state index in [0.29, 0.717) is 0 Å². The summed E-state index contributed by atoms with van der Waals surface area (Å²) in [6.45, 7) is 11.1. The molecule has 0 aliphatic rings. The zero-order valence-corrected chi connectivity index (χ0v) is 13.6. The maximum Gasteiger partial charge on any atom is 0.191 e. The van der Waals surface area contributed by atoms with Crippen molar-refractivity contribution in [1.82, 2.24) is 20.4 Å². The molecule has 0 spiro atoms. The molecular weight excluding hydrogens is 250 g/mol. The van der Waals surface area contributed by atoms with Crippen LogP contribution in [-0.4, -0.2) is 35.4 Å². The van der Waals surface area contributed by atoms with Crippen molar-refractivity contribution in [2.24, 2.45) is 12.0 Å². The van der Waals surface area contributed by atoms with E-state index < -0.39 is 0 Å². The summed E-state index contributed by atoms with van der Waals surface area (Å²) in [5, 5.41) is 11.1. The SMILES string of the molecule is CCCCN=C(NCC)NCCc1c(C)nn(C)c1C. The minimum atomic E-state index is 0.880. The molecule has 5 nitrogen and oxygen atoms in total. The Balaban J connectivity index is 2.49. The van der Waals surface area contributed by atoms with Crippen molar-refractivity contribution in [1.29, 1.82) is 0 Å². The molecule has 0 unspecified atom stereocenters. The number of nitrogens with one attached hydrogen (secondary N) is 2. The van der Waals surface area contributed by atoms with Crippen molar-refractivity contribution in [2.75, 3.05) is 19.6 Å². The lowest BCUT2D eigenvalue weighted by Gasteiger charge is -2.11. The van der Waals surface area contributed by atoms with Gasteiger partial charge in [0, 0.05) is 32.4 Å². The summed E-state index contributed by atoms with van der Waals surface area (Å²) < 4.78 is 1.95. The van der Waals surface area contributed by atoms with Crippen molar-refractivity contribution >= 4 is 5.96 Å². The van der Waals surface area contributed by atoms with Gasteiger partial charge in [0.15, 0.2) is 5.96 Å². The largest absolute Gasteiger partial charge is 0.357 e. The van der Waals surface area contributed by atoms with E-state index in [4.69, 9.17) is 0 Å². The van der Waals surface area contributed by atoms with Gasteiger partial charge in [-0.2, -0.15) is 5.10 Å². The van der Waals surface area contributed by atoms with Crippen molar-refractivity contribution < 1.29 is 0 Å². The van der Waals surface area contributed by atoms with Crippen LogP contribution in [0.4, 0.5) is 0 Å². The van der Waals surface area contributed by atoms with Crippen molar-refractivity contribution in [3.8, 4) is 0 Å². The molecule has 0 aromatic carbocycles. The molecule has 1 aromatic heterocycles. The topological polar surface area (TPSA) is 54.2 Å². The molecule has 0 aliphatic carbocycles. The van der Waals surface area contributed by atoms with Crippen molar-refractivity contribution in [2.45, 2.75) is 47.0 Å². The number of hydrogen-bond acceptors (Lipinski definition) is 2. The highest BCUT2D eigenvalue weighted by molar-refractivity contribution is 5.79. The van der Waals surface area contributed by atoms with Gasteiger partial charge in [0.25, 0.3) is 0 Å². The molecule has 114 valence electrons. The van der Waals surface area contributed by atoms with Gasteiger partial charge >= 0.3 is 0 Å². The maximum absolute atomic E-state index is 4.56. The van der Waals surface area contributed by atoms with E-state index in [2.05, 4.69) is 48.4 Å². The normalized spacial score (nSPS) is 11.8. The number of rotatable bonds is 7. The molecule has 0 amide bonds. The number of aliphatic imine (C=N–C) groups is 1. The average molecular weight is 279 g/mol. The molecular formula is C15H29N5. The standard InChI is InChI=1S/C15H29N5/c1-6-8-10-17-15(16-7-2)18-11-9-14-12(3)19-20(5)13(14)4/h6-11H2,1-5H3,(H2,16,17,18). The monoisotopic (exact) mass is 279 g/mol. The Morgan fingerprint density at radius 3 is 2.55 bits per heavy atom. The Bertz CT molecular complexity index is 434. The highest BCUT2D eigenvalue weighted by Gasteiger charge is 2.08. The van der Waals surface area contributed by atoms with E-state index in [1.807, 2.05) is 11.7 Å². The fourth-order valence-corrected chi connectivity index (χ4v) is 2.18. The smallest absolute Gasteiger partial charge is 0.191 e. The molecule has 1 heterocycles. The van der Waals surface area contributed by atoms with Gasteiger partial charge in [0.1, 0.15) is 0 Å². The van der Waals surface area contributed by atoms with E-state index in [1.54, 1.807) is 0 Å². The molecule has 5 heteroatoms. The van der Waals surface area contributed by atoms with E-state index >= 15 is 0 Å². The Morgan fingerprint density at radius 2 is 2.00 bits per heavy atom. The number of aryl methyl sites for hydroxylation is 2. The van der Waals surface area contributed by atoms with Crippen LogP contribution in [0.2, 0.25) is 0 Å². The van der Waals surface area contributed by atoms with E-state index in [1.165, 1.54) is 17.7 Å². The van der Waals surface area contributed by atoms with Gasteiger partial charge in [0.05, 0.1) is 5.69 Å². The molecule has 0 saturated carbocycles. The Hall–Kier alpha value is -1.52. The van der Waals surface area contributed by atoms with Gasteiger partial charge in [0.2, 0.25) is 0 Å². The zero-order chi connectivity index (χ0) is 15.0. The first-order valence-corrected chi connectivity index (χ1v) is 7.61. The second-order valence-corrected chi connectivity index (χ2v) is 5.06. The highest BCUT2D eigenvalue weighted by Crippen LogP contribution is 2.11. The molecule has 0 fully saturated rings. The predicted octanol–water partition coefficient (Wildman–Crippen LogP) is 1.93. The third-order valence-electron chi connectivity index (χ3n) is 3.45. The van der Waals surface area contributed by atoms with Crippen molar-refractivity contribution in [3.05, 3.63) is 17.0 Å². The lowest BCUT2D eigenvalue weighted by atomic mass is 10.1. The summed E-state index contributed by atoms with van der Waals surface area (Å²) in [7, 11) is 2.00. The van der Waals surface area contributed by atoms with E-state index in [-0.39, 0.29) is 0 Å². The van der Waals surface area contributed by atoms with Crippen LogP contribution in [-0.2, 0) is 13.5 Å². The second kappa shape index (κ2) is 8.61. The molecule has 0 atom stereocenters. The van der Waals surface area contributed by atoms with Gasteiger partial charge in [-0.1, -0.05) is 13.3 Å². The number of guanidine groups is 1. The Morgan fingerprint density at radius 1 is 1.25 bits per heavy atom. The fraction of sp³-hybridized carbons (Fsp3) is 0.733. The summed E-state index contributed by atoms with van der Waals surface area (Å²) in [6, 6.07) is 0. The quantitative estimate of drug-likeness (QED) is 0.455. The lowest BCUT2D eigenvalue weighted by Crippen LogP contribution is -2.38. The molecule has 20 heavy (non-hydrogen) atoms. The van der Waals surface area contributed by atoms with Gasteiger partial charge in [-0.25, -0.2) is 0 Å². The Labute approximate surface area is 122 Å². The van der Waals surface area contributed by atoms with Crippen LogP contribution < -0.4 is 10.6 Å². The van der Waals surface area contributed by atoms with Gasteiger partial charge in [-0.3, -0.25) is 9.67 Å². The first-order chi connectivity index (χ1) is 9.60. The first kappa shape index (κ1) is 16.5. The van der Waals surface area contributed by atoms with Crippen LogP contribution in [0.5, 0.6) is 0 Å². The minimum Gasteiger partial charge on any atom is -0.357 e. The molecule has 0 bridgehead atoms. The van der Waals surface area contributed by atoms with E-state index in [9.17, 15) is 0 Å². The van der Waals surface area contributed by atoms with Gasteiger partial charge in [-0.05, 0) is 39.2 Å². The summed E-state index contributed by atoms with van der Waals surface area (Å²) in [4.78, 5) is 4.56. The van der Waals surface area contributed by atoms with Crippen LogP contribution >= 0.6 is 0 Å². The molecule has 1 aromatic rings. The van der Waals surface area contributed by atoms with Crippen LogP contribution in [0.1, 0.15) is 43.6 Å². The zero-order valence-electron chi connectivity index (χ0n) is 13.6. The fourth-order valence-electron chi connectivity index (χ4n) is 2.18. The highest BCUT2D eigenvalue weighted by atomic mass is 15.3. The van der Waals surface area contributed by atoms with Gasteiger partial charge < -0.3 is 10.6 Å². The number of unbranched alkanes of at least 4 members (excludes halogenated alkanes) is 1. The first-order valence-electron chi connectivity index (χ1n) is 7.61. The summed E-state index contributed by atoms with van der Waals surface area (Å²) in [6.07, 6.45) is 3.29.